The fraction of sp³-hybridized carbons (Fsp3) is 0.978. The number of amides is 1. The van der Waals surface area contributed by atoms with Crippen LogP contribution in [0, 0.1) is 0 Å². The van der Waals surface area contributed by atoms with Gasteiger partial charge in [-0.1, -0.05) is 200 Å². The average Bonchev–Trinajstić information content (AvgIpc) is 3.18. The molecule has 55 heavy (non-hydrogen) atoms. The standard InChI is InChI=1S/C45H89NO9/c1-3-5-7-9-11-13-15-17-19-20-22-24-26-28-30-32-34-40(49)46-37(36-54-45-44(53)43(52)42(51)39(35-47)55-45)41(50)38(48)33-31-29-27-25-23-21-18-16-14-12-10-8-6-4-2/h37-39,41-45,47-48,50-53H,3-36H2,1-2H3,(H,46,49)/t37-,38+,39+,41-,42-,43?,44?,45+/m0/s1. The van der Waals surface area contributed by atoms with Crippen LogP contribution < -0.4 is 5.32 Å². The van der Waals surface area contributed by atoms with Crippen molar-refractivity contribution in [1.82, 2.24) is 5.32 Å². The van der Waals surface area contributed by atoms with Crippen molar-refractivity contribution in [1.29, 1.82) is 0 Å². The van der Waals surface area contributed by atoms with Gasteiger partial charge in [0.05, 0.1) is 25.4 Å². The second-order valence-electron chi connectivity index (χ2n) is 16.7. The van der Waals surface area contributed by atoms with Crippen LogP contribution in [0.2, 0.25) is 0 Å². The van der Waals surface area contributed by atoms with Crippen LogP contribution in [0.25, 0.3) is 0 Å². The molecule has 8 atom stereocenters. The van der Waals surface area contributed by atoms with E-state index in [1.807, 2.05) is 0 Å². The zero-order valence-corrected chi connectivity index (χ0v) is 35.6. The molecule has 1 rings (SSSR count). The molecule has 0 spiro atoms. The first-order chi connectivity index (χ1) is 26.8. The van der Waals surface area contributed by atoms with Crippen LogP contribution in [0.3, 0.4) is 0 Å². The van der Waals surface area contributed by atoms with Crippen molar-refractivity contribution >= 4 is 5.91 Å². The largest absolute Gasteiger partial charge is 0.394 e. The zero-order valence-electron chi connectivity index (χ0n) is 35.6. The van der Waals surface area contributed by atoms with Gasteiger partial charge in [0.15, 0.2) is 6.29 Å². The Morgan fingerprint density at radius 1 is 0.564 bits per heavy atom. The molecule has 1 saturated heterocycles. The summed E-state index contributed by atoms with van der Waals surface area (Å²) in [6, 6.07) is -0.984. The lowest BCUT2D eigenvalue weighted by molar-refractivity contribution is -0.303. The van der Waals surface area contributed by atoms with Gasteiger partial charge < -0.3 is 45.4 Å². The third-order valence-corrected chi connectivity index (χ3v) is 11.6. The van der Waals surface area contributed by atoms with E-state index in [1.54, 1.807) is 0 Å². The summed E-state index contributed by atoms with van der Waals surface area (Å²) in [5.74, 6) is -0.254. The van der Waals surface area contributed by atoms with Crippen LogP contribution in [0.15, 0.2) is 0 Å². The number of carbonyl (C=O) groups excluding carboxylic acids is 1. The number of hydrogen-bond donors (Lipinski definition) is 7. The molecule has 0 bridgehead atoms. The van der Waals surface area contributed by atoms with Gasteiger partial charge in [0.25, 0.3) is 0 Å². The summed E-state index contributed by atoms with van der Waals surface area (Å²) in [5.41, 5.74) is 0. The van der Waals surface area contributed by atoms with Crippen molar-refractivity contribution in [2.75, 3.05) is 13.2 Å². The summed E-state index contributed by atoms with van der Waals surface area (Å²) in [6.45, 7) is 3.62. The van der Waals surface area contributed by atoms with E-state index in [0.29, 0.717) is 6.42 Å². The maximum Gasteiger partial charge on any atom is 0.220 e. The van der Waals surface area contributed by atoms with Crippen molar-refractivity contribution in [3.8, 4) is 0 Å². The third-order valence-electron chi connectivity index (χ3n) is 11.6. The molecule has 1 amide bonds. The SMILES string of the molecule is CCCCCCCCCCCCCCCCCCC(=O)N[C@@H](CO[C@@H]1O[C@H](CO)[C@H](O)C(O)C1O)[C@H](O)[C@H](O)CCCCCCCCCCCCCCCC. The summed E-state index contributed by atoms with van der Waals surface area (Å²) in [4.78, 5) is 13.0. The molecule has 1 fully saturated rings. The summed E-state index contributed by atoms with van der Waals surface area (Å²) in [6.07, 6.45) is 28.2. The number of ether oxygens (including phenoxy) is 2. The topological polar surface area (TPSA) is 169 Å². The van der Waals surface area contributed by atoms with Gasteiger partial charge in [-0.15, -0.1) is 0 Å². The van der Waals surface area contributed by atoms with Crippen LogP contribution in [-0.2, 0) is 14.3 Å². The minimum absolute atomic E-state index is 0.254. The maximum atomic E-state index is 13.0. The quantitative estimate of drug-likeness (QED) is 0.0302. The van der Waals surface area contributed by atoms with Crippen molar-refractivity contribution in [3.05, 3.63) is 0 Å². The molecule has 1 aliphatic rings. The molecule has 0 aromatic heterocycles. The summed E-state index contributed by atoms with van der Waals surface area (Å²) in [5, 5.41) is 65.2. The molecular weight excluding hydrogens is 698 g/mol. The van der Waals surface area contributed by atoms with Crippen LogP contribution in [0.5, 0.6) is 0 Å². The molecule has 2 unspecified atom stereocenters. The van der Waals surface area contributed by atoms with Crippen LogP contribution in [0.1, 0.15) is 219 Å². The monoisotopic (exact) mass is 788 g/mol. The zero-order chi connectivity index (χ0) is 40.4. The van der Waals surface area contributed by atoms with Crippen LogP contribution in [0.4, 0.5) is 0 Å². The normalized spacial score (nSPS) is 21.8. The molecule has 0 aliphatic carbocycles. The van der Waals surface area contributed by atoms with E-state index in [4.69, 9.17) is 9.47 Å². The van der Waals surface area contributed by atoms with E-state index in [2.05, 4.69) is 19.2 Å². The first-order valence-electron chi connectivity index (χ1n) is 23.3. The summed E-state index contributed by atoms with van der Waals surface area (Å²) >= 11 is 0. The fourth-order valence-corrected chi connectivity index (χ4v) is 7.73. The minimum Gasteiger partial charge on any atom is -0.394 e. The van der Waals surface area contributed by atoms with Gasteiger partial charge in [-0.05, 0) is 12.8 Å². The van der Waals surface area contributed by atoms with Gasteiger partial charge in [0.1, 0.15) is 30.5 Å². The number of nitrogens with one attached hydrogen (secondary N) is 1. The molecular formula is C45H89NO9. The second-order valence-corrected chi connectivity index (χ2v) is 16.7. The Labute approximate surface area is 336 Å². The van der Waals surface area contributed by atoms with Crippen molar-refractivity contribution < 1.29 is 44.9 Å². The highest BCUT2D eigenvalue weighted by molar-refractivity contribution is 5.76. The molecule has 10 heteroatoms. The first-order valence-corrected chi connectivity index (χ1v) is 23.3. The van der Waals surface area contributed by atoms with Gasteiger partial charge in [-0.3, -0.25) is 4.79 Å². The van der Waals surface area contributed by atoms with Crippen molar-refractivity contribution in [2.24, 2.45) is 0 Å². The number of hydrogen-bond acceptors (Lipinski definition) is 9. The number of aliphatic hydroxyl groups excluding tert-OH is 6. The Morgan fingerprint density at radius 2 is 0.945 bits per heavy atom. The molecule has 1 heterocycles. The Kier molecular flexibility index (Phi) is 34.4. The highest BCUT2D eigenvalue weighted by Crippen LogP contribution is 2.23. The lowest BCUT2D eigenvalue weighted by Crippen LogP contribution is -2.60. The van der Waals surface area contributed by atoms with E-state index < -0.39 is 55.6 Å². The Bertz CT molecular complexity index is 849. The van der Waals surface area contributed by atoms with Gasteiger partial charge in [-0.2, -0.15) is 0 Å². The van der Waals surface area contributed by atoms with E-state index >= 15 is 0 Å². The third kappa shape index (κ3) is 26.7. The maximum absolute atomic E-state index is 13.0. The second kappa shape index (κ2) is 36.2. The van der Waals surface area contributed by atoms with Gasteiger partial charge >= 0.3 is 0 Å². The minimum atomic E-state index is -1.60. The van der Waals surface area contributed by atoms with Gasteiger partial charge in [0.2, 0.25) is 5.91 Å². The van der Waals surface area contributed by atoms with E-state index in [9.17, 15) is 35.4 Å². The fourth-order valence-electron chi connectivity index (χ4n) is 7.73. The molecule has 7 N–H and O–H groups in total. The van der Waals surface area contributed by atoms with Gasteiger partial charge in [0, 0.05) is 6.42 Å². The number of rotatable bonds is 39. The Hall–Kier alpha value is -0.850. The van der Waals surface area contributed by atoms with Gasteiger partial charge in [-0.25, -0.2) is 0 Å². The lowest BCUT2D eigenvalue weighted by Gasteiger charge is -2.40. The van der Waals surface area contributed by atoms with E-state index in [1.165, 1.54) is 154 Å². The number of carbonyl (C=O) groups is 1. The molecule has 1 aliphatic heterocycles. The number of aliphatic hydroxyl groups is 6. The van der Waals surface area contributed by atoms with Crippen molar-refractivity contribution in [2.45, 2.75) is 268 Å². The predicted molar refractivity (Wildman–Crippen MR) is 223 cm³/mol. The molecule has 328 valence electrons. The summed E-state index contributed by atoms with van der Waals surface area (Å²) in [7, 11) is 0. The molecule has 0 aromatic carbocycles. The smallest absolute Gasteiger partial charge is 0.220 e. The molecule has 10 nitrogen and oxygen atoms in total. The first kappa shape index (κ1) is 52.2. The molecule has 0 saturated carbocycles. The highest BCUT2D eigenvalue weighted by atomic mass is 16.7. The summed E-state index contributed by atoms with van der Waals surface area (Å²) < 4.78 is 11.2. The van der Waals surface area contributed by atoms with Crippen LogP contribution in [-0.4, -0.2) is 98.7 Å². The average molecular weight is 788 g/mol. The Balaban J connectivity index is 2.38. The Morgan fingerprint density at radius 3 is 1.35 bits per heavy atom. The molecule has 0 aromatic rings. The number of unbranched alkanes of at least 4 members (excludes halogenated alkanes) is 28. The lowest BCUT2D eigenvalue weighted by atomic mass is 9.98. The van der Waals surface area contributed by atoms with Crippen LogP contribution >= 0.6 is 0 Å². The van der Waals surface area contributed by atoms with E-state index in [0.717, 1.165) is 38.5 Å². The predicted octanol–water partition coefficient (Wildman–Crippen LogP) is 8.53. The molecule has 0 radical (unpaired) electrons. The van der Waals surface area contributed by atoms with E-state index in [-0.39, 0.29) is 18.9 Å². The highest BCUT2D eigenvalue weighted by Gasteiger charge is 2.44. The van der Waals surface area contributed by atoms with Crippen molar-refractivity contribution in [3.63, 3.8) is 0 Å².